The third kappa shape index (κ3) is 5.08. The minimum Gasteiger partial charge on any atom is -0.490 e. The lowest BCUT2D eigenvalue weighted by atomic mass is 10.1. The summed E-state index contributed by atoms with van der Waals surface area (Å²) in [4.78, 5) is 0. The molecule has 1 aromatic carbocycles. The Kier molecular flexibility index (Phi) is 5.62. The summed E-state index contributed by atoms with van der Waals surface area (Å²) in [6, 6.07) is 5.22. The van der Waals surface area contributed by atoms with Crippen LogP contribution in [-0.4, -0.2) is 30.5 Å². The lowest BCUT2D eigenvalue weighted by Crippen LogP contribution is -2.34. The van der Waals surface area contributed by atoms with Gasteiger partial charge < -0.3 is 15.2 Å². The molecule has 0 saturated carbocycles. The zero-order valence-electron chi connectivity index (χ0n) is 10.9. The zero-order valence-corrected chi connectivity index (χ0v) is 10.9. The van der Waals surface area contributed by atoms with Gasteiger partial charge in [0.15, 0.2) is 6.10 Å². The number of ether oxygens (including phenoxy) is 1. The fourth-order valence-electron chi connectivity index (χ4n) is 1.51. The van der Waals surface area contributed by atoms with Crippen molar-refractivity contribution in [3.8, 4) is 5.75 Å². The van der Waals surface area contributed by atoms with Crippen molar-refractivity contribution in [1.82, 2.24) is 5.32 Å². The molecule has 0 radical (unpaired) electrons. The fraction of sp³-hybridized carbons (Fsp3) is 0.538. The first-order valence-corrected chi connectivity index (χ1v) is 6.02. The number of hydrogen-bond acceptors (Lipinski definition) is 3. The van der Waals surface area contributed by atoms with Crippen molar-refractivity contribution < 1.29 is 23.0 Å². The van der Waals surface area contributed by atoms with Crippen molar-refractivity contribution in [1.29, 1.82) is 0 Å². The maximum absolute atomic E-state index is 12.2. The Bertz CT molecular complexity index is 407. The highest BCUT2D eigenvalue weighted by Gasteiger charge is 2.38. The second kappa shape index (κ2) is 6.77. The van der Waals surface area contributed by atoms with Gasteiger partial charge in [0.1, 0.15) is 12.4 Å². The number of halogens is 3. The van der Waals surface area contributed by atoms with E-state index in [4.69, 9.17) is 9.84 Å². The molecule has 1 unspecified atom stereocenters. The number of rotatable bonds is 6. The van der Waals surface area contributed by atoms with E-state index in [-0.39, 0.29) is 0 Å². The van der Waals surface area contributed by atoms with Crippen LogP contribution in [-0.2, 0) is 6.54 Å². The lowest BCUT2D eigenvalue weighted by Gasteiger charge is -2.17. The normalized spacial score (nSPS) is 13.4. The topological polar surface area (TPSA) is 41.5 Å². The Morgan fingerprint density at radius 2 is 2.05 bits per heavy atom. The van der Waals surface area contributed by atoms with E-state index in [2.05, 4.69) is 5.32 Å². The van der Waals surface area contributed by atoms with Crippen LogP contribution in [0.1, 0.15) is 18.1 Å². The van der Waals surface area contributed by atoms with Crippen molar-refractivity contribution in [3.63, 3.8) is 0 Å². The van der Waals surface area contributed by atoms with E-state index in [1.807, 2.05) is 19.9 Å². The van der Waals surface area contributed by atoms with Crippen LogP contribution in [0, 0.1) is 6.92 Å². The Labute approximate surface area is 110 Å². The Morgan fingerprint density at radius 3 is 2.63 bits per heavy atom. The van der Waals surface area contributed by atoms with Crippen molar-refractivity contribution >= 4 is 0 Å². The van der Waals surface area contributed by atoms with E-state index in [9.17, 15) is 13.2 Å². The van der Waals surface area contributed by atoms with Gasteiger partial charge in [-0.1, -0.05) is 24.6 Å². The van der Waals surface area contributed by atoms with Gasteiger partial charge in [-0.3, -0.25) is 0 Å². The lowest BCUT2D eigenvalue weighted by molar-refractivity contribution is -0.210. The third-order valence-corrected chi connectivity index (χ3v) is 2.56. The predicted octanol–water partition coefficient (Wildman–Crippen LogP) is 2.41. The van der Waals surface area contributed by atoms with Crippen molar-refractivity contribution in [2.75, 3.05) is 13.2 Å². The molecule has 0 saturated heterocycles. The van der Waals surface area contributed by atoms with Gasteiger partial charge in [0.05, 0.1) is 0 Å². The van der Waals surface area contributed by atoms with Gasteiger partial charge >= 0.3 is 6.18 Å². The van der Waals surface area contributed by atoms with Gasteiger partial charge in [-0.15, -0.1) is 0 Å². The first kappa shape index (κ1) is 15.8. The molecule has 0 heterocycles. The number of benzene rings is 1. The first-order valence-electron chi connectivity index (χ1n) is 6.02. The van der Waals surface area contributed by atoms with Crippen LogP contribution < -0.4 is 10.1 Å². The monoisotopic (exact) mass is 277 g/mol. The molecule has 0 aliphatic carbocycles. The number of alkyl halides is 3. The average molecular weight is 277 g/mol. The molecule has 2 N–H and O–H groups in total. The van der Waals surface area contributed by atoms with Gasteiger partial charge in [-0.2, -0.15) is 13.2 Å². The molecule has 0 aromatic heterocycles. The number of aryl methyl sites for hydroxylation is 1. The van der Waals surface area contributed by atoms with Crippen LogP contribution >= 0.6 is 0 Å². The van der Waals surface area contributed by atoms with Crippen LogP contribution in [0.15, 0.2) is 18.2 Å². The molecule has 0 aliphatic heterocycles. The van der Waals surface area contributed by atoms with E-state index in [1.165, 1.54) is 0 Å². The van der Waals surface area contributed by atoms with E-state index in [1.54, 1.807) is 12.1 Å². The molecule has 1 aromatic rings. The predicted molar refractivity (Wildman–Crippen MR) is 66.1 cm³/mol. The summed E-state index contributed by atoms with van der Waals surface area (Å²) in [7, 11) is 0. The van der Waals surface area contributed by atoms with Crippen LogP contribution in [0.3, 0.4) is 0 Å². The van der Waals surface area contributed by atoms with Crippen molar-refractivity contribution in [3.05, 3.63) is 29.3 Å². The van der Waals surface area contributed by atoms with Crippen LogP contribution in [0.2, 0.25) is 0 Å². The van der Waals surface area contributed by atoms with Crippen LogP contribution in [0.25, 0.3) is 0 Å². The molecule has 108 valence electrons. The van der Waals surface area contributed by atoms with Crippen molar-refractivity contribution in [2.24, 2.45) is 0 Å². The summed E-state index contributed by atoms with van der Waals surface area (Å²) in [6.45, 7) is 4.29. The Morgan fingerprint density at radius 1 is 1.37 bits per heavy atom. The molecule has 3 nitrogen and oxygen atoms in total. The quantitative estimate of drug-likeness (QED) is 0.839. The van der Waals surface area contributed by atoms with Gasteiger partial charge in [-0.25, -0.2) is 0 Å². The Balaban J connectivity index is 2.71. The number of hydrogen-bond donors (Lipinski definition) is 2. The maximum atomic E-state index is 12.2. The van der Waals surface area contributed by atoms with E-state index in [0.717, 1.165) is 17.7 Å². The van der Waals surface area contributed by atoms with E-state index in [0.29, 0.717) is 12.3 Å². The molecule has 0 aliphatic rings. The molecular weight excluding hydrogens is 259 g/mol. The largest absolute Gasteiger partial charge is 0.490 e. The highest BCUT2D eigenvalue weighted by atomic mass is 19.4. The summed E-state index contributed by atoms with van der Waals surface area (Å²) in [5.74, 6) is 0.356. The standard InChI is InChI=1S/C13H18F3NO2/c1-3-17-7-10-6-9(2)4-5-11(10)19-8-12(18)13(14,15)16/h4-6,12,17-18H,3,7-8H2,1-2H3. The summed E-state index contributed by atoms with van der Waals surface area (Å²) in [6.07, 6.45) is -7.13. The van der Waals surface area contributed by atoms with Crippen molar-refractivity contribution in [2.45, 2.75) is 32.7 Å². The van der Waals surface area contributed by atoms with Gasteiger partial charge in [0.2, 0.25) is 0 Å². The Hall–Kier alpha value is -1.27. The molecule has 0 fully saturated rings. The smallest absolute Gasteiger partial charge is 0.417 e. The highest BCUT2D eigenvalue weighted by molar-refractivity contribution is 5.36. The molecule has 0 bridgehead atoms. The zero-order chi connectivity index (χ0) is 14.5. The fourth-order valence-corrected chi connectivity index (χ4v) is 1.51. The number of aliphatic hydroxyl groups is 1. The SMILES string of the molecule is CCNCc1cc(C)ccc1OCC(O)C(F)(F)F. The average Bonchev–Trinajstić information content (AvgIpc) is 2.33. The van der Waals surface area contributed by atoms with Crippen LogP contribution in [0.5, 0.6) is 5.75 Å². The van der Waals surface area contributed by atoms with Gasteiger partial charge in [0.25, 0.3) is 0 Å². The first-order chi connectivity index (χ1) is 8.84. The molecule has 19 heavy (non-hydrogen) atoms. The second-order valence-electron chi connectivity index (χ2n) is 4.26. The van der Waals surface area contributed by atoms with Crippen LogP contribution in [0.4, 0.5) is 13.2 Å². The maximum Gasteiger partial charge on any atom is 0.417 e. The van der Waals surface area contributed by atoms with Gasteiger partial charge in [-0.05, 0) is 19.5 Å². The molecular formula is C13H18F3NO2. The minimum atomic E-state index is -4.66. The summed E-state index contributed by atoms with van der Waals surface area (Å²) >= 11 is 0. The molecule has 0 amide bonds. The third-order valence-electron chi connectivity index (χ3n) is 2.56. The summed E-state index contributed by atoms with van der Waals surface area (Å²) < 4.78 is 41.6. The molecule has 0 spiro atoms. The summed E-state index contributed by atoms with van der Waals surface area (Å²) in [5.41, 5.74) is 1.77. The number of aliphatic hydroxyl groups excluding tert-OH is 1. The molecule has 6 heteroatoms. The minimum absolute atomic E-state index is 0.356. The van der Waals surface area contributed by atoms with E-state index < -0.39 is 18.9 Å². The molecule has 1 atom stereocenters. The van der Waals surface area contributed by atoms with E-state index >= 15 is 0 Å². The number of nitrogens with one attached hydrogen (secondary N) is 1. The van der Waals surface area contributed by atoms with Gasteiger partial charge in [0, 0.05) is 12.1 Å². The second-order valence-corrected chi connectivity index (χ2v) is 4.26. The molecule has 1 rings (SSSR count). The highest BCUT2D eigenvalue weighted by Crippen LogP contribution is 2.24. The summed E-state index contributed by atoms with van der Waals surface area (Å²) in [5, 5.41) is 12.0.